The molecule has 2 aromatic carbocycles. The van der Waals surface area contributed by atoms with Crippen LogP contribution in [0.25, 0.3) is 22.7 Å². The first-order chi connectivity index (χ1) is 14.9. The number of methoxy groups -OCH3 is 1. The number of nitriles is 1. The average molecular weight is 416 g/mol. The van der Waals surface area contributed by atoms with Gasteiger partial charge in [-0.3, -0.25) is 4.79 Å². The lowest BCUT2D eigenvalue weighted by molar-refractivity contribution is -0.138. The second kappa shape index (κ2) is 7.70. The van der Waals surface area contributed by atoms with Crippen LogP contribution in [-0.4, -0.2) is 58.0 Å². The van der Waals surface area contributed by atoms with E-state index in [0.717, 1.165) is 5.56 Å². The third-order valence-electron chi connectivity index (χ3n) is 5.40. The molecular formula is C23H20N4O4. The molecule has 31 heavy (non-hydrogen) atoms. The summed E-state index contributed by atoms with van der Waals surface area (Å²) in [6.07, 6.45) is 3.55. The molecule has 1 N–H and O–H groups in total. The molecule has 156 valence electrons. The van der Waals surface area contributed by atoms with Gasteiger partial charge in [-0.15, -0.1) is 0 Å². The molecule has 1 saturated heterocycles. The Hall–Kier alpha value is -3.96. The fraction of sp³-hybridized carbons (Fsp3) is 0.217. The van der Waals surface area contributed by atoms with Crippen molar-refractivity contribution in [2.45, 2.75) is 12.0 Å². The van der Waals surface area contributed by atoms with Crippen LogP contribution in [0, 0.1) is 11.3 Å². The molecule has 1 aliphatic heterocycles. The number of rotatable bonds is 4. The fourth-order valence-electron chi connectivity index (χ4n) is 3.66. The van der Waals surface area contributed by atoms with Gasteiger partial charge in [-0.2, -0.15) is 10.4 Å². The smallest absolute Gasteiger partial charge is 0.359 e. The molecule has 0 bridgehead atoms. The van der Waals surface area contributed by atoms with E-state index in [-0.39, 0.29) is 11.6 Å². The molecule has 0 radical (unpaired) electrons. The highest BCUT2D eigenvalue weighted by molar-refractivity contribution is 6.03. The van der Waals surface area contributed by atoms with Gasteiger partial charge in [-0.05, 0) is 42.0 Å². The number of benzene rings is 2. The molecule has 1 atom stereocenters. The van der Waals surface area contributed by atoms with E-state index in [1.54, 1.807) is 36.0 Å². The standard InChI is InChI=1S/C23H20N4O4/c1-26-11-10-23(30,22(26)29)9-8-15-4-3-5-17(12-15)27-19-7-6-16(14-24)13-18(19)20(25-27)21(28)31-2/h3-9,12-13,30H,10-11H2,1-2H3/t23-/m0/s1. The third-order valence-corrected chi connectivity index (χ3v) is 5.40. The maximum Gasteiger partial charge on any atom is 0.359 e. The van der Waals surface area contributed by atoms with E-state index >= 15 is 0 Å². The first-order valence-electron chi connectivity index (χ1n) is 9.65. The van der Waals surface area contributed by atoms with Crippen molar-refractivity contribution in [2.75, 3.05) is 20.7 Å². The van der Waals surface area contributed by atoms with E-state index in [4.69, 9.17) is 4.74 Å². The Bertz CT molecular complexity index is 1270. The molecule has 0 spiro atoms. The van der Waals surface area contributed by atoms with Crippen LogP contribution in [-0.2, 0) is 9.53 Å². The summed E-state index contributed by atoms with van der Waals surface area (Å²) in [4.78, 5) is 25.9. The first-order valence-corrected chi connectivity index (χ1v) is 9.65. The van der Waals surface area contributed by atoms with Crippen molar-refractivity contribution >= 4 is 28.9 Å². The Labute approximate surface area is 178 Å². The van der Waals surface area contributed by atoms with Crippen LogP contribution < -0.4 is 0 Å². The van der Waals surface area contributed by atoms with Crippen molar-refractivity contribution < 1.29 is 19.4 Å². The summed E-state index contributed by atoms with van der Waals surface area (Å²) < 4.78 is 6.44. The number of fused-ring (bicyclic) bond motifs is 1. The summed E-state index contributed by atoms with van der Waals surface area (Å²) in [6.45, 7) is 0.500. The minimum absolute atomic E-state index is 0.115. The minimum atomic E-state index is -1.51. The third kappa shape index (κ3) is 3.56. The van der Waals surface area contributed by atoms with Gasteiger partial charge in [0.15, 0.2) is 11.3 Å². The lowest BCUT2D eigenvalue weighted by Crippen LogP contribution is -2.36. The van der Waals surface area contributed by atoms with Crippen molar-refractivity contribution in [3.8, 4) is 11.8 Å². The number of esters is 1. The molecule has 3 aromatic rings. The van der Waals surface area contributed by atoms with Crippen molar-refractivity contribution in [1.29, 1.82) is 5.26 Å². The molecule has 8 nitrogen and oxygen atoms in total. The van der Waals surface area contributed by atoms with Crippen molar-refractivity contribution in [3.63, 3.8) is 0 Å². The molecule has 0 aliphatic carbocycles. The molecule has 4 rings (SSSR count). The highest BCUT2D eigenvalue weighted by atomic mass is 16.5. The summed E-state index contributed by atoms with van der Waals surface area (Å²) in [5.74, 6) is -0.921. The van der Waals surface area contributed by atoms with Gasteiger partial charge >= 0.3 is 5.97 Å². The van der Waals surface area contributed by atoms with Crippen molar-refractivity contribution in [1.82, 2.24) is 14.7 Å². The van der Waals surface area contributed by atoms with Crippen LogP contribution >= 0.6 is 0 Å². The monoisotopic (exact) mass is 416 g/mol. The largest absolute Gasteiger partial charge is 0.464 e. The van der Waals surface area contributed by atoms with Gasteiger partial charge in [-0.25, -0.2) is 9.48 Å². The van der Waals surface area contributed by atoms with E-state index in [9.17, 15) is 20.0 Å². The molecule has 0 unspecified atom stereocenters. The number of carbonyl (C=O) groups is 2. The normalized spacial score (nSPS) is 18.6. The summed E-state index contributed by atoms with van der Waals surface area (Å²) in [6, 6.07) is 14.4. The predicted molar refractivity (Wildman–Crippen MR) is 113 cm³/mol. The quantitative estimate of drug-likeness (QED) is 0.654. The number of carbonyl (C=O) groups excluding carboxylic acids is 2. The maximum absolute atomic E-state index is 12.2. The SMILES string of the molecule is COC(=O)c1nn(-c2cccc(C=C[C@]3(O)CCN(C)C3=O)c2)c2ccc(C#N)cc12. The van der Waals surface area contributed by atoms with E-state index in [2.05, 4.69) is 11.2 Å². The lowest BCUT2D eigenvalue weighted by Gasteiger charge is -2.16. The molecule has 1 fully saturated rings. The van der Waals surface area contributed by atoms with Gasteiger partial charge in [0.05, 0.1) is 29.9 Å². The topological polar surface area (TPSA) is 108 Å². The second-order valence-corrected chi connectivity index (χ2v) is 7.43. The number of aliphatic hydroxyl groups is 1. The van der Waals surface area contributed by atoms with Gasteiger partial charge in [0.25, 0.3) is 5.91 Å². The molecule has 1 aromatic heterocycles. The fourth-order valence-corrected chi connectivity index (χ4v) is 3.66. The van der Waals surface area contributed by atoms with Crippen molar-refractivity contribution in [3.05, 3.63) is 65.4 Å². The van der Waals surface area contributed by atoms with E-state index in [1.807, 2.05) is 24.3 Å². The predicted octanol–water partition coefficient (Wildman–Crippen LogP) is 2.29. The number of nitrogens with zero attached hydrogens (tertiary/aromatic N) is 4. The van der Waals surface area contributed by atoms with Crippen LogP contribution in [0.5, 0.6) is 0 Å². The molecule has 1 aliphatic rings. The zero-order valence-electron chi connectivity index (χ0n) is 17.1. The molecule has 2 heterocycles. The Kier molecular flexibility index (Phi) is 5.05. The van der Waals surface area contributed by atoms with E-state index in [0.29, 0.717) is 35.1 Å². The van der Waals surface area contributed by atoms with Crippen LogP contribution in [0.3, 0.4) is 0 Å². The van der Waals surface area contributed by atoms with E-state index < -0.39 is 11.6 Å². The Balaban J connectivity index is 1.76. The van der Waals surface area contributed by atoms with E-state index in [1.165, 1.54) is 18.1 Å². The Morgan fingerprint density at radius 2 is 2.13 bits per heavy atom. The van der Waals surface area contributed by atoms with Gasteiger partial charge in [-0.1, -0.05) is 18.2 Å². The number of aromatic nitrogens is 2. The minimum Gasteiger partial charge on any atom is -0.464 e. The highest BCUT2D eigenvalue weighted by Crippen LogP contribution is 2.26. The Morgan fingerprint density at radius 1 is 1.32 bits per heavy atom. The first kappa shape index (κ1) is 20.3. The Morgan fingerprint density at radius 3 is 2.81 bits per heavy atom. The number of amides is 1. The zero-order valence-corrected chi connectivity index (χ0v) is 17.1. The summed E-state index contributed by atoms with van der Waals surface area (Å²) in [5.41, 5.74) is 1.10. The van der Waals surface area contributed by atoms with Crippen LogP contribution in [0.1, 0.15) is 28.0 Å². The van der Waals surface area contributed by atoms with Gasteiger partial charge in [0.1, 0.15) is 0 Å². The van der Waals surface area contributed by atoms with Gasteiger partial charge in [0.2, 0.25) is 0 Å². The summed E-state index contributed by atoms with van der Waals surface area (Å²) >= 11 is 0. The average Bonchev–Trinajstić information content (AvgIpc) is 3.30. The number of ether oxygens (including phenoxy) is 1. The highest BCUT2D eigenvalue weighted by Gasteiger charge is 2.41. The number of likely N-dealkylation sites (tertiary alicyclic amines) is 1. The molecule has 8 heteroatoms. The summed E-state index contributed by atoms with van der Waals surface area (Å²) in [7, 11) is 2.94. The van der Waals surface area contributed by atoms with Crippen LogP contribution in [0.2, 0.25) is 0 Å². The number of hydrogen-bond donors (Lipinski definition) is 1. The van der Waals surface area contributed by atoms with Gasteiger partial charge < -0.3 is 14.7 Å². The molecule has 0 saturated carbocycles. The van der Waals surface area contributed by atoms with Crippen LogP contribution in [0.15, 0.2) is 48.5 Å². The van der Waals surface area contributed by atoms with Gasteiger partial charge in [0, 0.05) is 25.4 Å². The number of hydrogen-bond acceptors (Lipinski definition) is 6. The lowest BCUT2D eigenvalue weighted by atomic mass is 10.0. The molecule has 1 amide bonds. The van der Waals surface area contributed by atoms with Crippen LogP contribution in [0.4, 0.5) is 0 Å². The van der Waals surface area contributed by atoms with Crippen molar-refractivity contribution in [2.24, 2.45) is 0 Å². The second-order valence-electron chi connectivity index (χ2n) is 7.43. The summed E-state index contributed by atoms with van der Waals surface area (Å²) in [5, 5.41) is 24.7. The molecular weight excluding hydrogens is 396 g/mol. The number of likely N-dealkylation sites (N-methyl/N-ethyl adjacent to an activating group) is 1. The zero-order chi connectivity index (χ0) is 22.2. The maximum atomic E-state index is 12.2.